The topological polar surface area (TPSA) is 47.6 Å². The van der Waals surface area contributed by atoms with Gasteiger partial charge < -0.3 is 5.32 Å². The minimum absolute atomic E-state index is 0.440. The molecule has 0 rings (SSSR count). The van der Waals surface area contributed by atoms with Crippen LogP contribution in [0.15, 0.2) is 0 Å². The van der Waals surface area contributed by atoms with Gasteiger partial charge in [-0.2, -0.15) is 0 Å². The molecule has 0 aliphatic carbocycles. The summed E-state index contributed by atoms with van der Waals surface area (Å²) in [6, 6.07) is 0. The molecule has 13 heavy (non-hydrogen) atoms. The molecule has 0 radical (unpaired) electrons. The molecule has 0 aromatic carbocycles. The zero-order valence-corrected chi connectivity index (χ0v) is 9.89. The first-order valence-corrected chi connectivity index (χ1v) is 5.76. The van der Waals surface area contributed by atoms with E-state index < -0.39 is 8.25 Å². The van der Waals surface area contributed by atoms with Crippen molar-refractivity contribution in [1.82, 2.24) is 5.32 Å². The van der Waals surface area contributed by atoms with Crippen LogP contribution in [0.4, 0.5) is 0 Å². The molecule has 0 saturated carbocycles. The third-order valence-corrected chi connectivity index (χ3v) is 1.91. The van der Waals surface area contributed by atoms with Crippen molar-refractivity contribution in [3.63, 3.8) is 0 Å². The van der Waals surface area contributed by atoms with E-state index in [9.17, 15) is 4.57 Å². The van der Waals surface area contributed by atoms with E-state index >= 15 is 0 Å². The first-order valence-electron chi connectivity index (χ1n) is 4.66. The van der Waals surface area contributed by atoms with Gasteiger partial charge in [-0.25, -0.2) is 0 Å². The first kappa shape index (κ1) is 15.5. The van der Waals surface area contributed by atoms with Gasteiger partial charge in [0.1, 0.15) is 13.2 Å². The Hall–Kier alpha value is -0.0200. The SMILES string of the molecule is CCNCC.CCO[P+](=O)OCC. The molecule has 0 heterocycles. The van der Waals surface area contributed by atoms with Crippen molar-refractivity contribution in [3.05, 3.63) is 0 Å². The number of nitrogens with one attached hydrogen (secondary N) is 1. The van der Waals surface area contributed by atoms with Gasteiger partial charge in [-0.3, -0.25) is 0 Å². The summed E-state index contributed by atoms with van der Waals surface area (Å²) < 4.78 is 19.5. The van der Waals surface area contributed by atoms with Crippen LogP contribution in [0.5, 0.6) is 0 Å². The molecular formula is C8H21NO3P+. The van der Waals surface area contributed by atoms with Crippen LogP contribution in [0.3, 0.4) is 0 Å². The summed E-state index contributed by atoms with van der Waals surface area (Å²) in [5.41, 5.74) is 0. The molecule has 0 saturated heterocycles. The Kier molecular flexibility index (Phi) is 17.2. The first-order chi connectivity index (χ1) is 6.22. The van der Waals surface area contributed by atoms with Crippen LogP contribution in [-0.4, -0.2) is 26.3 Å². The Morgan fingerprint density at radius 1 is 1.00 bits per heavy atom. The summed E-state index contributed by atoms with van der Waals surface area (Å²) in [7, 11) is -1.83. The lowest BCUT2D eigenvalue weighted by molar-refractivity contribution is 0.243. The number of hydrogen-bond donors (Lipinski definition) is 1. The fourth-order valence-electron chi connectivity index (χ4n) is 0.498. The van der Waals surface area contributed by atoms with Gasteiger partial charge >= 0.3 is 8.25 Å². The maximum Gasteiger partial charge on any atom is 0.697 e. The van der Waals surface area contributed by atoms with Gasteiger partial charge in [-0.15, -0.1) is 9.05 Å². The van der Waals surface area contributed by atoms with Crippen LogP contribution in [0.1, 0.15) is 27.7 Å². The maximum atomic E-state index is 10.3. The Morgan fingerprint density at radius 3 is 1.54 bits per heavy atom. The summed E-state index contributed by atoms with van der Waals surface area (Å²) in [5.74, 6) is 0. The Morgan fingerprint density at radius 2 is 1.38 bits per heavy atom. The van der Waals surface area contributed by atoms with Crippen LogP contribution >= 0.6 is 8.25 Å². The largest absolute Gasteiger partial charge is 0.697 e. The Labute approximate surface area is 82.0 Å². The Bertz CT molecular complexity index is 102. The maximum absolute atomic E-state index is 10.3. The molecule has 1 N–H and O–H groups in total. The Balaban J connectivity index is 0. The highest BCUT2D eigenvalue weighted by atomic mass is 31.1. The molecular weight excluding hydrogens is 189 g/mol. The van der Waals surface area contributed by atoms with E-state index in [0.29, 0.717) is 13.2 Å². The van der Waals surface area contributed by atoms with E-state index in [0.717, 1.165) is 13.1 Å². The van der Waals surface area contributed by atoms with E-state index in [2.05, 4.69) is 28.2 Å². The zero-order valence-electron chi connectivity index (χ0n) is 9.00. The standard InChI is InChI=1S/C4H11N.C4H10O3P/c1-3-5-4-2;1-3-6-8(5)7-4-2/h5H,3-4H2,1-2H3;3-4H2,1-2H3/q;+1. The summed E-state index contributed by atoms with van der Waals surface area (Å²) in [6.07, 6.45) is 0. The quantitative estimate of drug-likeness (QED) is 0.683. The van der Waals surface area contributed by atoms with E-state index in [1.807, 2.05) is 0 Å². The fourth-order valence-corrected chi connectivity index (χ4v) is 0.994. The molecule has 5 heteroatoms. The summed E-state index contributed by atoms with van der Waals surface area (Å²) in [5, 5.41) is 3.11. The van der Waals surface area contributed by atoms with Gasteiger partial charge in [0, 0.05) is 4.57 Å². The number of hydrogen-bond acceptors (Lipinski definition) is 4. The average Bonchev–Trinajstić information content (AvgIpc) is 2.08. The molecule has 0 atom stereocenters. The molecule has 0 aromatic heterocycles. The van der Waals surface area contributed by atoms with E-state index in [1.165, 1.54) is 0 Å². The summed E-state index contributed by atoms with van der Waals surface area (Å²) in [4.78, 5) is 0. The molecule has 0 unspecified atom stereocenters. The highest BCUT2D eigenvalue weighted by molar-refractivity contribution is 7.33. The van der Waals surface area contributed by atoms with Crippen molar-refractivity contribution in [2.45, 2.75) is 27.7 Å². The predicted octanol–water partition coefficient (Wildman–Crippen LogP) is 2.33. The van der Waals surface area contributed by atoms with Crippen molar-refractivity contribution in [3.8, 4) is 0 Å². The second-order valence-electron chi connectivity index (χ2n) is 2.02. The van der Waals surface area contributed by atoms with Crippen LogP contribution in [-0.2, 0) is 13.6 Å². The smallest absolute Gasteiger partial charge is 0.317 e. The van der Waals surface area contributed by atoms with Crippen LogP contribution in [0.25, 0.3) is 0 Å². The van der Waals surface area contributed by atoms with E-state index in [1.54, 1.807) is 13.8 Å². The minimum atomic E-state index is -1.83. The number of rotatable bonds is 6. The minimum Gasteiger partial charge on any atom is -0.317 e. The van der Waals surface area contributed by atoms with Gasteiger partial charge in [-0.1, -0.05) is 13.8 Å². The lowest BCUT2D eigenvalue weighted by Crippen LogP contribution is -2.09. The van der Waals surface area contributed by atoms with Gasteiger partial charge in [0.2, 0.25) is 0 Å². The van der Waals surface area contributed by atoms with E-state index in [-0.39, 0.29) is 0 Å². The van der Waals surface area contributed by atoms with Crippen LogP contribution in [0, 0.1) is 0 Å². The summed E-state index contributed by atoms with van der Waals surface area (Å²) in [6.45, 7) is 10.8. The molecule has 0 aliphatic heterocycles. The summed E-state index contributed by atoms with van der Waals surface area (Å²) >= 11 is 0. The molecule has 0 bridgehead atoms. The molecule has 80 valence electrons. The van der Waals surface area contributed by atoms with E-state index in [4.69, 9.17) is 0 Å². The second-order valence-corrected chi connectivity index (χ2v) is 2.98. The zero-order chi connectivity index (χ0) is 10.5. The third kappa shape index (κ3) is 18.7. The van der Waals surface area contributed by atoms with Crippen molar-refractivity contribution in [2.24, 2.45) is 0 Å². The molecule has 0 amide bonds. The molecule has 4 nitrogen and oxygen atoms in total. The van der Waals surface area contributed by atoms with Crippen molar-refractivity contribution in [1.29, 1.82) is 0 Å². The fraction of sp³-hybridized carbons (Fsp3) is 1.00. The third-order valence-electron chi connectivity index (χ3n) is 0.969. The highest BCUT2D eigenvalue weighted by Crippen LogP contribution is 2.21. The predicted molar refractivity (Wildman–Crippen MR) is 55.1 cm³/mol. The van der Waals surface area contributed by atoms with Crippen LogP contribution in [0.2, 0.25) is 0 Å². The lowest BCUT2D eigenvalue weighted by Gasteiger charge is -1.86. The van der Waals surface area contributed by atoms with Crippen molar-refractivity contribution < 1.29 is 13.6 Å². The van der Waals surface area contributed by atoms with Crippen molar-refractivity contribution in [2.75, 3.05) is 26.3 Å². The molecule has 0 aliphatic rings. The average molecular weight is 210 g/mol. The van der Waals surface area contributed by atoms with Gasteiger partial charge in [-0.05, 0) is 26.9 Å². The highest BCUT2D eigenvalue weighted by Gasteiger charge is 2.15. The van der Waals surface area contributed by atoms with Gasteiger partial charge in [0.15, 0.2) is 0 Å². The second kappa shape index (κ2) is 14.5. The molecule has 0 spiro atoms. The van der Waals surface area contributed by atoms with Crippen LogP contribution < -0.4 is 5.32 Å². The van der Waals surface area contributed by atoms with Crippen molar-refractivity contribution >= 4 is 8.25 Å². The normalized spacial score (nSPS) is 8.92. The molecule has 0 fully saturated rings. The molecule has 0 aromatic rings. The van der Waals surface area contributed by atoms with Gasteiger partial charge in [0.25, 0.3) is 0 Å². The monoisotopic (exact) mass is 210 g/mol. The van der Waals surface area contributed by atoms with Gasteiger partial charge in [0.05, 0.1) is 0 Å². The lowest BCUT2D eigenvalue weighted by atomic mass is 10.7.